The van der Waals surface area contributed by atoms with Gasteiger partial charge in [-0.2, -0.15) is 20.5 Å². The molecule has 62 heavy (non-hydrogen) atoms. The number of nitrogens with zero attached hydrogens (tertiary/aromatic N) is 4. The number of ketones is 4. The molecule has 0 bridgehead atoms. The summed E-state index contributed by atoms with van der Waals surface area (Å²) in [7, 11) is 0. The van der Waals surface area contributed by atoms with Crippen molar-refractivity contribution in [3.05, 3.63) is 150 Å². The molecule has 2 amide bonds. The van der Waals surface area contributed by atoms with E-state index in [4.69, 9.17) is 46.4 Å². The van der Waals surface area contributed by atoms with Gasteiger partial charge in [-0.15, -0.1) is 0 Å². The quantitative estimate of drug-likeness (QED) is 0.0735. The molecule has 5 rings (SSSR count). The van der Waals surface area contributed by atoms with Crippen molar-refractivity contribution in [3.63, 3.8) is 0 Å². The first kappa shape index (κ1) is 47.1. The van der Waals surface area contributed by atoms with Gasteiger partial charge in [-0.25, -0.2) is 0 Å². The number of anilines is 2. The summed E-state index contributed by atoms with van der Waals surface area (Å²) < 4.78 is 0. The molecule has 0 aliphatic rings. The lowest BCUT2D eigenvalue weighted by Crippen LogP contribution is -2.28. The predicted molar refractivity (Wildman–Crippen MR) is 242 cm³/mol. The summed E-state index contributed by atoms with van der Waals surface area (Å²) in [5.74, 6) is -3.09. The zero-order valence-corrected chi connectivity index (χ0v) is 37.4. The average Bonchev–Trinajstić information content (AvgIpc) is 3.20. The molecule has 0 heterocycles. The minimum absolute atomic E-state index is 0.0784. The largest absolute Gasteiger partial charge is 0.322 e. The smallest absolute Gasteiger partial charge is 0.255 e. The maximum Gasteiger partial charge on any atom is 0.255 e. The Hall–Kier alpha value is -5.92. The summed E-state index contributed by atoms with van der Waals surface area (Å²) in [4.78, 5) is 78.5. The summed E-state index contributed by atoms with van der Waals surface area (Å²) in [6.07, 6.45) is -0.361. The molecule has 5 aromatic carbocycles. The fourth-order valence-electron chi connectivity index (χ4n) is 6.18. The number of azo groups is 2. The second-order valence-corrected chi connectivity index (χ2v) is 16.3. The van der Waals surface area contributed by atoms with E-state index in [0.29, 0.717) is 43.7 Å². The monoisotopic (exact) mass is 912 g/mol. The Bertz CT molecular complexity index is 2520. The van der Waals surface area contributed by atoms with Crippen LogP contribution >= 0.6 is 46.4 Å². The van der Waals surface area contributed by atoms with Gasteiger partial charge in [0.2, 0.25) is 0 Å². The molecule has 0 radical (unpaired) electrons. The van der Waals surface area contributed by atoms with E-state index in [1.165, 1.54) is 50.2 Å². The van der Waals surface area contributed by atoms with Gasteiger partial charge in [-0.1, -0.05) is 70.7 Å². The van der Waals surface area contributed by atoms with Crippen LogP contribution in [0.2, 0.25) is 20.1 Å². The van der Waals surface area contributed by atoms with Crippen molar-refractivity contribution in [1.82, 2.24) is 0 Å². The predicted octanol–water partition coefficient (Wildman–Crippen LogP) is 11.7. The van der Waals surface area contributed by atoms with Crippen LogP contribution in [0.4, 0.5) is 22.7 Å². The van der Waals surface area contributed by atoms with Gasteiger partial charge in [-0.05, 0) is 136 Å². The number of aryl methyl sites for hydroxylation is 4. The maximum atomic E-state index is 13.5. The van der Waals surface area contributed by atoms with Crippen molar-refractivity contribution in [2.75, 3.05) is 10.6 Å². The number of halogens is 4. The second kappa shape index (κ2) is 20.8. The van der Waals surface area contributed by atoms with Crippen molar-refractivity contribution in [1.29, 1.82) is 0 Å². The van der Waals surface area contributed by atoms with Gasteiger partial charge >= 0.3 is 0 Å². The highest BCUT2D eigenvalue weighted by Gasteiger charge is 2.27. The number of hydrogen-bond donors (Lipinski definition) is 2. The first-order chi connectivity index (χ1) is 29.3. The number of hydrogen-bond acceptors (Lipinski definition) is 10. The van der Waals surface area contributed by atoms with Gasteiger partial charge in [0.15, 0.2) is 35.2 Å². The Labute approximate surface area is 378 Å². The highest BCUT2D eigenvalue weighted by atomic mass is 35.5. The zero-order valence-electron chi connectivity index (χ0n) is 34.4. The maximum absolute atomic E-state index is 13.5. The third-order valence-corrected chi connectivity index (χ3v) is 10.9. The van der Waals surface area contributed by atoms with Gasteiger partial charge in [0, 0.05) is 45.4 Å². The van der Waals surface area contributed by atoms with E-state index in [-0.39, 0.29) is 45.4 Å². The molecule has 2 atom stereocenters. The summed E-state index contributed by atoms with van der Waals surface area (Å²) in [5, 5.41) is 23.1. The first-order valence-electron chi connectivity index (χ1n) is 19.0. The average molecular weight is 915 g/mol. The Balaban J connectivity index is 1.27. The van der Waals surface area contributed by atoms with Crippen LogP contribution in [0.3, 0.4) is 0 Å². The molecular formula is C46H40Cl4N6O6. The molecule has 0 saturated carbocycles. The number of carbonyl (C=O) groups excluding carboxylic acids is 6. The van der Waals surface area contributed by atoms with Crippen molar-refractivity contribution < 1.29 is 28.8 Å². The molecule has 16 heteroatoms. The third-order valence-electron chi connectivity index (χ3n) is 9.78. The van der Waals surface area contributed by atoms with E-state index < -0.39 is 47.0 Å². The lowest BCUT2D eigenvalue weighted by atomic mass is 9.91. The van der Waals surface area contributed by atoms with Crippen LogP contribution in [0.5, 0.6) is 0 Å². The van der Waals surface area contributed by atoms with E-state index in [1.807, 2.05) is 13.8 Å². The van der Waals surface area contributed by atoms with Gasteiger partial charge in [-0.3, -0.25) is 28.8 Å². The van der Waals surface area contributed by atoms with E-state index in [2.05, 4.69) is 31.1 Å². The lowest BCUT2D eigenvalue weighted by Gasteiger charge is -2.14. The molecular weight excluding hydrogens is 874 g/mol. The molecule has 12 nitrogen and oxygen atoms in total. The SMILES string of the molecule is CC(=O)C(N=Nc1cc(C(=O)Nc2cc(Cl)ccc2C)ccc1Cl)C(=O)Cc1cc(C)c(CC(=O)C(N=Nc2cc(C(=O)Nc3cc(Cl)ccc3C)ccc2Cl)C(C)=O)cc1C. The summed E-state index contributed by atoms with van der Waals surface area (Å²) in [5.41, 5.74) is 5.69. The Morgan fingerprint density at radius 3 is 1.23 bits per heavy atom. The topological polar surface area (TPSA) is 176 Å². The zero-order chi connectivity index (χ0) is 45.4. The number of amides is 2. The molecule has 0 aromatic heterocycles. The van der Waals surface area contributed by atoms with E-state index >= 15 is 0 Å². The third kappa shape index (κ3) is 12.1. The molecule has 5 aromatic rings. The second-order valence-electron chi connectivity index (χ2n) is 14.6. The molecule has 0 aliphatic heterocycles. The molecule has 0 saturated heterocycles. The summed E-state index contributed by atoms with van der Waals surface area (Å²) in [6.45, 7) is 9.59. The van der Waals surface area contributed by atoms with Crippen LogP contribution < -0.4 is 10.6 Å². The van der Waals surface area contributed by atoms with Crippen LogP contribution in [0.15, 0.2) is 105 Å². The number of rotatable bonds is 16. The van der Waals surface area contributed by atoms with Gasteiger partial charge < -0.3 is 10.6 Å². The highest BCUT2D eigenvalue weighted by Crippen LogP contribution is 2.30. The Morgan fingerprint density at radius 1 is 0.500 bits per heavy atom. The van der Waals surface area contributed by atoms with Crippen molar-refractivity contribution in [3.8, 4) is 0 Å². The molecule has 2 unspecified atom stereocenters. The van der Waals surface area contributed by atoms with Gasteiger partial charge in [0.05, 0.1) is 10.0 Å². The van der Waals surface area contributed by atoms with Crippen LogP contribution in [0, 0.1) is 27.7 Å². The molecule has 2 N–H and O–H groups in total. The van der Waals surface area contributed by atoms with Crippen LogP contribution in [-0.4, -0.2) is 47.0 Å². The lowest BCUT2D eigenvalue weighted by molar-refractivity contribution is -0.129. The number of nitrogens with one attached hydrogen (secondary N) is 2. The normalized spacial score (nSPS) is 12.3. The van der Waals surface area contributed by atoms with E-state index in [0.717, 1.165) is 11.1 Å². The minimum atomic E-state index is -1.46. The standard InChI is InChI=1S/C46H40Cl4N6O6/c1-23-7-11-33(47)21-37(23)51-45(61)29-9-13-35(49)39(17-29)53-55-43(27(5)57)41(59)19-31-15-26(4)32(16-25(31)3)20-42(60)44(28(6)58)56-54-40-18-30(10-14-36(40)50)46(62)52-38-22-34(48)12-8-24(38)2/h7-18,21-22,43-44H,19-20H2,1-6H3,(H,51,61)(H,52,62). The molecule has 0 aliphatic carbocycles. The fraction of sp³-hybridized carbons (Fsp3) is 0.217. The van der Waals surface area contributed by atoms with Crippen LogP contribution in [0.1, 0.15) is 67.9 Å². The highest BCUT2D eigenvalue weighted by molar-refractivity contribution is 6.34. The van der Waals surface area contributed by atoms with E-state index in [9.17, 15) is 28.8 Å². The molecule has 0 spiro atoms. The number of Topliss-reactive ketones (excluding diaryl/α,β-unsaturated/α-hetero) is 4. The number of carbonyl (C=O) groups is 6. The van der Waals surface area contributed by atoms with Crippen molar-refractivity contribution in [2.24, 2.45) is 20.5 Å². The van der Waals surface area contributed by atoms with Gasteiger partial charge in [0.25, 0.3) is 11.8 Å². The number of benzene rings is 5. The van der Waals surface area contributed by atoms with Crippen LogP contribution in [-0.2, 0) is 32.0 Å². The van der Waals surface area contributed by atoms with E-state index in [1.54, 1.807) is 62.4 Å². The Kier molecular flexibility index (Phi) is 15.8. The summed E-state index contributed by atoms with van der Waals surface area (Å²) in [6, 6.07) is 19.5. The summed E-state index contributed by atoms with van der Waals surface area (Å²) >= 11 is 24.9. The molecule has 0 fully saturated rings. The van der Waals surface area contributed by atoms with Crippen molar-refractivity contribution >= 4 is 104 Å². The minimum Gasteiger partial charge on any atom is -0.322 e. The molecule has 318 valence electrons. The van der Waals surface area contributed by atoms with Crippen LogP contribution in [0.25, 0.3) is 0 Å². The first-order valence-corrected chi connectivity index (χ1v) is 20.5. The Morgan fingerprint density at radius 2 is 0.871 bits per heavy atom. The van der Waals surface area contributed by atoms with Crippen molar-refractivity contribution in [2.45, 2.75) is 66.5 Å². The fourth-order valence-corrected chi connectivity index (χ4v) is 6.83. The van der Waals surface area contributed by atoms with Gasteiger partial charge in [0.1, 0.15) is 11.4 Å².